The third kappa shape index (κ3) is 8.57. The predicted octanol–water partition coefficient (Wildman–Crippen LogP) is 1.81. The predicted molar refractivity (Wildman–Crippen MR) is 172 cm³/mol. The van der Waals surface area contributed by atoms with E-state index >= 15 is 0 Å². The first kappa shape index (κ1) is 34.1. The zero-order valence-corrected chi connectivity index (χ0v) is 29.5. The van der Waals surface area contributed by atoms with Crippen molar-refractivity contribution in [1.29, 1.82) is 0 Å². The first-order chi connectivity index (χ1) is 18.7. The largest absolute Gasteiger partial charge is 0.395 e. The minimum Gasteiger partial charge on any atom is -0.395 e. The van der Waals surface area contributed by atoms with Crippen LogP contribution in [-0.4, -0.2) is 99.7 Å². The van der Waals surface area contributed by atoms with Gasteiger partial charge in [0.05, 0.1) is 50.3 Å². The Labute approximate surface area is 274 Å². The number of aliphatic hydroxyl groups excluding tert-OH is 1. The van der Waals surface area contributed by atoms with Crippen LogP contribution in [0, 0.1) is 10.7 Å². The Morgan fingerprint density at radius 2 is 1.32 bits per heavy atom. The highest BCUT2D eigenvalue weighted by Crippen LogP contribution is 2.38. The van der Waals surface area contributed by atoms with E-state index in [2.05, 4.69) is 16.0 Å². The van der Waals surface area contributed by atoms with E-state index in [1.54, 1.807) is 7.05 Å². The van der Waals surface area contributed by atoms with Crippen LogP contribution in [0.5, 0.6) is 0 Å². The van der Waals surface area contributed by atoms with Gasteiger partial charge in [-0.3, -0.25) is 14.4 Å². The number of halogens is 3. The Hall–Kier alpha value is -0.420. The van der Waals surface area contributed by atoms with E-state index in [0.717, 1.165) is 0 Å². The molecular formula is C25H35I3N4O8. The van der Waals surface area contributed by atoms with Crippen molar-refractivity contribution in [2.24, 2.45) is 0 Å². The molecule has 1 aromatic rings. The molecule has 40 heavy (non-hydrogen) atoms. The Morgan fingerprint density at radius 1 is 0.875 bits per heavy atom. The van der Waals surface area contributed by atoms with Crippen molar-refractivity contribution in [1.82, 2.24) is 16.0 Å². The molecule has 0 spiro atoms. The normalized spacial score (nSPS) is 21.3. The molecule has 3 rings (SSSR count). The van der Waals surface area contributed by atoms with Gasteiger partial charge in [0.15, 0.2) is 11.6 Å². The van der Waals surface area contributed by atoms with Gasteiger partial charge in [-0.2, -0.15) is 0 Å². The van der Waals surface area contributed by atoms with E-state index in [1.165, 1.54) is 4.90 Å². The number of nitrogens with zero attached hydrogens (tertiary/aromatic N) is 1. The summed E-state index contributed by atoms with van der Waals surface area (Å²) in [4.78, 5) is 41.5. The van der Waals surface area contributed by atoms with E-state index in [4.69, 9.17) is 24.1 Å². The second-order valence-corrected chi connectivity index (χ2v) is 13.5. The standard InChI is InChI=1S/C25H35I3N4O8/c1-24(2)37-11-13(39-24)8-30-22(35)16-18(26)17(23(36)31-9-14-12-38-25(3,4)40-14)20(28)21(19(16)27)32(5)15(34)10-29-6-7-33/h13-14,29,33H,6-12H2,1-5H3,(H,30,35)(H,31,36). The number of amides is 3. The van der Waals surface area contributed by atoms with Crippen LogP contribution in [0.15, 0.2) is 0 Å². The number of ether oxygens (including phenoxy) is 4. The molecule has 0 radical (unpaired) electrons. The third-order valence-electron chi connectivity index (χ3n) is 6.14. The molecule has 2 aliphatic rings. The van der Waals surface area contributed by atoms with Crippen LogP contribution in [0.4, 0.5) is 5.69 Å². The van der Waals surface area contributed by atoms with Crippen molar-refractivity contribution in [3.05, 3.63) is 21.8 Å². The Morgan fingerprint density at radius 3 is 1.70 bits per heavy atom. The number of aliphatic hydroxyl groups is 1. The van der Waals surface area contributed by atoms with Crippen molar-refractivity contribution in [2.45, 2.75) is 51.5 Å². The summed E-state index contributed by atoms with van der Waals surface area (Å²) in [6, 6.07) is 0. The lowest BCUT2D eigenvalue weighted by molar-refractivity contribution is -0.138. The van der Waals surface area contributed by atoms with Gasteiger partial charge in [0.1, 0.15) is 12.2 Å². The highest BCUT2D eigenvalue weighted by molar-refractivity contribution is 14.1. The molecule has 224 valence electrons. The van der Waals surface area contributed by atoms with Gasteiger partial charge in [-0.1, -0.05) is 0 Å². The molecule has 2 atom stereocenters. The van der Waals surface area contributed by atoms with E-state index < -0.39 is 23.4 Å². The molecule has 0 aromatic heterocycles. The summed E-state index contributed by atoms with van der Waals surface area (Å²) in [6.45, 7) is 8.47. The first-order valence-corrected chi connectivity index (χ1v) is 15.9. The molecule has 12 nitrogen and oxygen atoms in total. The number of hydrogen-bond acceptors (Lipinski definition) is 9. The molecule has 0 saturated carbocycles. The first-order valence-electron chi connectivity index (χ1n) is 12.7. The van der Waals surface area contributed by atoms with Gasteiger partial charge in [0, 0.05) is 30.3 Å². The number of rotatable bonds is 11. The molecule has 4 N–H and O–H groups in total. The smallest absolute Gasteiger partial charge is 0.253 e. The fourth-order valence-corrected chi connectivity index (χ4v) is 9.05. The van der Waals surface area contributed by atoms with Crippen LogP contribution in [0.25, 0.3) is 0 Å². The average Bonchev–Trinajstić information content (AvgIpc) is 3.40. The summed E-state index contributed by atoms with van der Waals surface area (Å²) in [6.07, 6.45) is -0.639. The number of hydrogen-bond donors (Lipinski definition) is 4. The molecule has 2 fully saturated rings. The summed E-state index contributed by atoms with van der Waals surface area (Å²) >= 11 is 6.09. The fraction of sp³-hybridized carbons (Fsp3) is 0.640. The number of carbonyl (C=O) groups is 3. The van der Waals surface area contributed by atoms with Crippen molar-refractivity contribution in [3.8, 4) is 0 Å². The minimum absolute atomic E-state index is 0.0259. The molecule has 2 heterocycles. The fourth-order valence-electron chi connectivity index (χ4n) is 4.18. The van der Waals surface area contributed by atoms with E-state index in [-0.39, 0.29) is 62.0 Å². The summed E-state index contributed by atoms with van der Waals surface area (Å²) in [5.74, 6) is -2.54. The number of nitrogens with one attached hydrogen (secondary N) is 3. The Kier molecular flexibility index (Phi) is 12.2. The van der Waals surface area contributed by atoms with E-state index in [9.17, 15) is 14.4 Å². The van der Waals surface area contributed by atoms with Gasteiger partial charge in [-0.15, -0.1) is 0 Å². The zero-order chi connectivity index (χ0) is 29.8. The molecule has 3 amide bonds. The van der Waals surface area contributed by atoms with Gasteiger partial charge in [0.25, 0.3) is 11.8 Å². The van der Waals surface area contributed by atoms with Crippen LogP contribution in [0.1, 0.15) is 48.4 Å². The second kappa shape index (κ2) is 14.4. The number of benzene rings is 1. The average molecular weight is 900 g/mol. The van der Waals surface area contributed by atoms with Gasteiger partial charge < -0.3 is 44.9 Å². The summed E-state index contributed by atoms with van der Waals surface area (Å²) < 4.78 is 24.3. The summed E-state index contributed by atoms with van der Waals surface area (Å²) in [5.41, 5.74) is 1.00. The third-order valence-corrected chi connectivity index (χ3v) is 9.32. The Balaban J connectivity index is 1.92. The maximum atomic E-state index is 13.6. The van der Waals surface area contributed by atoms with Crippen molar-refractivity contribution in [3.63, 3.8) is 0 Å². The highest BCUT2D eigenvalue weighted by Gasteiger charge is 2.36. The van der Waals surface area contributed by atoms with Crippen LogP contribution < -0.4 is 20.9 Å². The molecule has 0 bridgehead atoms. The molecule has 2 saturated heterocycles. The summed E-state index contributed by atoms with van der Waals surface area (Å²) in [7, 11) is 1.59. The number of carbonyl (C=O) groups excluding carboxylic acids is 3. The maximum Gasteiger partial charge on any atom is 0.253 e. The number of anilines is 1. The van der Waals surface area contributed by atoms with Crippen molar-refractivity contribution in [2.75, 3.05) is 57.9 Å². The SMILES string of the molecule is CN(C(=O)CNCCO)c1c(I)c(C(=O)NCC2COC(C)(C)O2)c(I)c(C(=O)NCC2COC(C)(C)O2)c1I. The molecule has 15 heteroatoms. The molecule has 1 aromatic carbocycles. The maximum absolute atomic E-state index is 13.6. The topological polar surface area (TPSA) is 148 Å². The van der Waals surface area contributed by atoms with E-state index in [0.29, 0.717) is 29.6 Å². The van der Waals surface area contributed by atoms with Crippen LogP contribution in [-0.2, 0) is 23.7 Å². The lowest BCUT2D eigenvalue weighted by Gasteiger charge is -2.25. The van der Waals surface area contributed by atoms with Gasteiger partial charge >= 0.3 is 0 Å². The van der Waals surface area contributed by atoms with E-state index in [1.807, 2.05) is 95.5 Å². The molecule has 0 aliphatic carbocycles. The second-order valence-electron chi connectivity index (χ2n) is 10.2. The minimum atomic E-state index is -0.726. The van der Waals surface area contributed by atoms with Gasteiger partial charge in [0.2, 0.25) is 5.91 Å². The Bertz CT molecular complexity index is 1060. The van der Waals surface area contributed by atoms with Crippen LogP contribution >= 0.6 is 67.8 Å². The highest BCUT2D eigenvalue weighted by atomic mass is 127. The monoisotopic (exact) mass is 900 g/mol. The summed E-state index contributed by atoms with van der Waals surface area (Å²) in [5, 5.41) is 17.7. The lowest BCUT2D eigenvalue weighted by atomic mass is 10.1. The van der Waals surface area contributed by atoms with Crippen molar-refractivity contribution >= 4 is 91.2 Å². The van der Waals surface area contributed by atoms with Gasteiger partial charge in [-0.05, 0) is 95.5 Å². The molecular weight excluding hydrogens is 865 g/mol. The lowest BCUT2D eigenvalue weighted by Crippen LogP contribution is -2.40. The van der Waals surface area contributed by atoms with Crippen molar-refractivity contribution < 1.29 is 38.4 Å². The van der Waals surface area contributed by atoms with Gasteiger partial charge in [-0.25, -0.2) is 0 Å². The van der Waals surface area contributed by atoms with Crippen LogP contribution in [0.3, 0.4) is 0 Å². The molecule has 2 aliphatic heterocycles. The van der Waals surface area contributed by atoms with Crippen LogP contribution in [0.2, 0.25) is 0 Å². The zero-order valence-electron chi connectivity index (χ0n) is 23.0. The molecule has 2 unspecified atom stereocenters. The number of likely N-dealkylation sites (N-methyl/N-ethyl adjacent to an activating group) is 1. The quantitative estimate of drug-likeness (QED) is 0.193.